The average molecular weight is 364 g/mol. The molecule has 3 rings (SSSR count). The van der Waals surface area contributed by atoms with Crippen LogP contribution in [0.2, 0.25) is 10.0 Å². The van der Waals surface area contributed by atoms with Crippen molar-refractivity contribution in [2.45, 2.75) is 6.54 Å². The average Bonchev–Trinajstić information content (AvgIpc) is 2.80. The van der Waals surface area contributed by atoms with Gasteiger partial charge < -0.3 is 0 Å². The molecule has 0 radical (unpaired) electrons. The zero-order chi connectivity index (χ0) is 16.4. The summed E-state index contributed by atoms with van der Waals surface area (Å²) in [6.45, 7) is 0.249. The van der Waals surface area contributed by atoms with Crippen LogP contribution in [0.4, 0.5) is 4.79 Å². The van der Waals surface area contributed by atoms with Crippen molar-refractivity contribution in [2.75, 3.05) is 0 Å². The lowest BCUT2D eigenvalue weighted by Crippen LogP contribution is -2.27. The van der Waals surface area contributed by atoms with Crippen LogP contribution in [0.3, 0.4) is 0 Å². The minimum atomic E-state index is -0.333. The number of thioether (sulfide) groups is 1. The summed E-state index contributed by atoms with van der Waals surface area (Å²) in [7, 11) is 0. The molecule has 116 valence electrons. The van der Waals surface area contributed by atoms with Crippen LogP contribution >= 0.6 is 35.0 Å². The Morgan fingerprint density at radius 2 is 1.61 bits per heavy atom. The molecular weight excluding hydrogens is 353 g/mol. The normalized spacial score (nSPS) is 16.4. The van der Waals surface area contributed by atoms with Gasteiger partial charge in [-0.1, -0.05) is 59.6 Å². The van der Waals surface area contributed by atoms with E-state index in [1.807, 2.05) is 30.3 Å². The second kappa shape index (κ2) is 6.79. The number of hydrogen-bond acceptors (Lipinski definition) is 3. The minimum absolute atomic E-state index is 0.249. The van der Waals surface area contributed by atoms with Crippen LogP contribution in [0, 0.1) is 0 Å². The standard InChI is InChI=1S/C17H11Cl2NO2S/c18-13-7-4-8-14(19)12(13)9-15-16(21)20(17(22)23-15)10-11-5-2-1-3-6-11/h1-9H,10H2/b15-9+. The lowest BCUT2D eigenvalue weighted by atomic mass is 10.2. The van der Waals surface area contributed by atoms with E-state index in [-0.39, 0.29) is 17.7 Å². The quantitative estimate of drug-likeness (QED) is 0.700. The number of carbonyl (C=O) groups is 2. The van der Waals surface area contributed by atoms with Gasteiger partial charge in [0.2, 0.25) is 0 Å². The number of carbonyl (C=O) groups excluding carboxylic acids is 2. The maximum absolute atomic E-state index is 12.5. The van der Waals surface area contributed by atoms with Crippen molar-refractivity contribution >= 4 is 52.2 Å². The summed E-state index contributed by atoms with van der Waals surface area (Å²) >= 11 is 13.1. The highest BCUT2D eigenvalue weighted by Crippen LogP contribution is 2.36. The van der Waals surface area contributed by atoms with Gasteiger partial charge in [-0.3, -0.25) is 14.5 Å². The summed E-state index contributed by atoms with van der Waals surface area (Å²) in [6, 6.07) is 14.5. The van der Waals surface area contributed by atoms with E-state index in [0.717, 1.165) is 17.3 Å². The molecule has 0 bridgehead atoms. The summed E-state index contributed by atoms with van der Waals surface area (Å²) in [4.78, 5) is 26.1. The fourth-order valence-electron chi connectivity index (χ4n) is 2.18. The Morgan fingerprint density at radius 1 is 0.957 bits per heavy atom. The lowest BCUT2D eigenvalue weighted by molar-refractivity contribution is -0.123. The van der Waals surface area contributed by atoms with Gasteiger partial charge in [0.25, 0.3) is 11.1 Å². The molecule has 1 aliphatic heterocycles. The van der Waals surface area contributed by atoms with Crippen molar-refractivity contribution in [3.05, 3.63) is 74.6 Å². The number of imide groups is 1. The Morgan fingerprint density at radius 3 is 2.26 bits per heavy atom. The smallest absolute Gasteiger partial charge is 0.268 e. The highest BCUT2D eigenvalue weighted by Gasteiger charge is 2.35. The predicted molar refractivity (Wildman–Crippen MR) is 94.4 cm³/mol. The lowest BCUT2D eigenvalue weighted by Gasteiger charge is -2.12. The second-order valence-corrected chi connectivity index (χ2v) is 6.70. The molecule has 0 aliphatic carbocycles. The molecule has 1 saturated heterocycles. The Hall–Kier alpha value is -1.75. The second-order valence-electron chi connectivity index (χ2n) is 4.89. The van der Waals surface area contributed by atoms with E-state index in [2.05, 4.69) is 0 Å². The van der Waals surface area contributed by atoms with Crippen molar-refractivity contribution in [3.8, 4) is 0 Å². The van der Waals surface area contributed by atoms with Gasteiger partial charge in [-0.15, -0.1) is 0 Å². The molecule has 23 heavy (non-hydrogen) atoms. The van der Waals surface area contributed by atoms with Crippen LogP contribution in [-0.2, 0) is 11.3 Å². The van der Waals surface area contributed by atoms with E-state index in [0.29, 0.717) is 20.5 Å². The Bertz CT molecular complexity index is 785. The first kappa shape index (κ1) is 16.1. The first-order valence-electron chi connectivity index (χ1n) is 6.79. The van der Waals surface area contributed by atoms with Crippen LogP contribution in [0.5, 0.6) is 0 Å². The summed E-state index contributed by atoms with van der Waals surface area (Å²) in [6.07, 6.45) is 1.57. The zero-order valence-corrected chi connectivity index (χ0v) is 14.2. The van der Waals surface area contributed by atoms with Gasteiger partial charge in [0.05, 0.1) is 11.4 Å². The van der Waals surface area contributed by atoms with Crippen molar-refractivity contribution in [1.29, 1.82) is 0 Å². The minimum Gasteiger partial charge on any atom is -0.268 e. The fraction of sp³-hybridized carbons (Fsp3) is 0.0588. The van der Waals surface area contributed by atoms with Crippen LogP contribution < -0.4 is 0 Å². The van der Waals surface area contributed by atoms with Gasteiger partial charge in [-0.05, 0) is 35.5 Å². The molecule has 0 saturated carbocycles. The molecular formula is C17H11Cl2NO2S. The maximum Gasteiger partial charge on any atom is 0.293 e. The first-order chi connectivity index (χ1) is 11.1. The third kappa shape index (κ3) is 3.44. The van der Waals surface area contributed by atoms with Crippen molar-refractivity contribution in [3.63, 3.8) is 0 Å². The topological polar surface area (TPSA) is 37.4 Å². The third-order valence-corrected chi connectivity index (χ3v) is 4.90. The summed E-state index contributed by atoms with van der Waals surface area (Å²) in [5, 5.41) is 0.577. The number of benzene rings is 2. The molecule has 2 amide bonds. The van der Waals surface area contributed by atoms with E-state index < -0.39 is 0 Å². The van der Waals surface area contributed by atoms with Crippen LogP contribution in [0.15, 0.2) is 53.4 Å². The summed E-state index contributed by atoms with van der Waals surface area (Å²) in [5.74, 6) is -0.333. The van der Waals surface area contributed by atoms with Gasteiger partial charge in [-0.2, -0.15) is 0 Å². The zero-order valence-electron chi connectivity index (χ0n) is 11.8. The largest absolute Gasteiger partial charge is 0.293 e. The Balaban J connectivity index is 1.88. The van der Waals surface area contributed by atoms with Gasteiger partial charge in [0.15, 0.2) is 0 Å². The Labute approximate surface area is 147 Å². The van der Waals surface area contributed by atoms with Crippen LogP contribution in [-0.4, -0.2) is 16.0 Å². The number of rotatable bonds is 3. The summed E-state index contributed by atoms with van der Waals surface area (Å²) in [5.41, 5.74) is 1.44. The third-order valence-electron chi connectivity index (χ3n) is 3.33. The monoisotopic (exact) mass is 363 g/mol. The van der Waals surface area contributed by atoms with Gasteiger partial charge in [0, 0.05) is 15.6 Å². The van der Waals surface area contributed by atoms with E-state index in [9.17, 15) is 9.59 Å². The highest BCUT2D eigenvalue weighted by atomic mass is 35.5. The van der Waals surface area contributed by atoms with Crippen LogP contribution in [0.1, 0.15) is 11.1 Å². The molecule has 6 heteroatoms. The molecule has 2 aromatic carbocycles. The molecule has 0 spiro atoms. The molecule has 1 heterocycles. The molecule has 3 nitrogen and oxygen atoms in total. The molecule has 2 aromatic rings. The highest BCUT2D eigenvalue weighted by molar-refractivity contribution is 8.18. The maximum atomic E-state index is 12.5. The number of halogens is 2. The van der Waals surface area contributed by atoms with E-state index >= 15 is 0 Å². The van der Waals surface area contributed by atoms with E-state index in [1.54, 1.807) is 24.3 Å². The first-order valence-corrected chi connectivity index (χ1v) is 8.37. The fourth-order valence-corrected chi connectivity index (χ4v) is 3.51. The van der Waals surface area contributed by atoms with Gasteiger partial charge in [0.1, 0.15) is 0 Å². The van der Waals surface area contributed by atoms with Crippen molar-refractivity contribution in [2.24, 2.45) is 0 Å². The number of nitrogens with zero attached hydrogens (tertiary/aromatic N) is 1. The molecule has 0 atom stereocenters. The van der Waals surface area contributed by atoms with E-state index in [1.165, 1.54) is 4.90 Å². The molecule has 0 N–H and O–H groups in total. The SMILES string of the molecule is O=C1S/C(=C/c2c(Cl)cccc2Cl)C(=O)N1Cc1ccccc1. The molecule has 0 aromatic heterocycles. The van der Waals surface area contributed by atoms with Crippen LogP contribution in [0.25, 0.3) is 6.08 Å². The number of amides is 2. The van der Waals surface area contributed by atoms with Gasteiger partial charge >= 0.3 is 0 Å². The van der Waals surface area contributed by atoms with Gasteiger partial charge in [-0.25, -0.2) is 0 Å². The van der Waals surface area contributed by atoms with Crippen molar-refractivity contribution in [1.82, 2.24) is 4.90 Å². The molecule has 1 aliphatic rings. The summed E-state index contributed by atoms with van der Waals surface area (Å²) < 4.78 is 0. The molecule has 1 fully saturated rings. The van der Waals surface area contributed by atoms with Crippen molar-refractivity contribution < 1.29 is 9.59 Å². The Kier molecular flexibility index (Phi) is 4.76. The number of hydrogen-bond donors (Lipinski definition) is 0. The molecule has 0 unspecified atom stereocenters. The van der Waals surface area contributed by atoms with E-state index in [4.69, 9.17) is 23.2 Å². The predicted octanol–water partition coefficient (Wildman–Crippen LogP) is 5.23.